The van der Waals surface area contributed by atoms with Gasteiger partial charge < -0.3 is 4.90 Å². The highest BCUT2D eigenvalue weighted by Crippen LogP contribution is 2.08. The maximum Gasteiger partial charge on any atom is 0.268 e. The third kappa shape index (κ3) is 4.07. The fourth-order valence-electron chi connectivity index (χ4n) is 1.73. The van der Waals surface area contributed by atoms with E-state index in [4.69, 9.17) is 0 Å². The molecule has 0 amide bonds. The van der Waals surface area contributed by atoms with Crippen molar-refractivity contribution in [3.8, 4) is 0 Å². The molecule has 1 aromatic heterocycles. The molecule has 0 N–H and O–H groups in total. The van der Waals surface area contributed by atoms with Gasteiger partial charge in [-0.05, 0) is 32.4 Å². The van der Waals surface area contributed by atoms with Crippen LogP contribution in [0.3, 0.4) is 0 Å². The van der Waals surface area contributed by atoms with Crippen LogP contribution < -0.4 is 10.5 Å². The van der Waals surface area contributed by atoms with Gasteiger partial charge in [0.1, 0.15) is 0 Å². The topological polar surface area (TPSA) is 38.1 Å². The molecule has 0 atom stereocenters. The summed E-state index contributed by atoms with van der Waals surface area (Å²) >= 11 is 4.15. The highest BCUT2D eigenvalue weighted by molar-refractivity contribution is 7.80. The van der Waals surface area contributed by atoms with Crippen LogP contribution in [-0.2, 0) is 6.54 Å². The van der Waals surface area contributed by atoms with Crippen LogP contribution in [-0.4, -0.2) is 28.6 Å². The van der Waals surface area contributed by atoms with E-state index in [0.29, 0.717) is 6.54 Å². The second kappa shape index (κ2) is 7.37. The minimum atomic E-state index is -0.0198. The monoisotopic (exact) mass is 255 g/mol. The molecule has 0 saturated carbocycles. The highest BCUT2D eigenvalue weighted by Gasteiger charge is 2.04. The molecule has 0 aliphatic rings. The zero-order chi connectivity index (χ0) is 12.7. The Kier molecular flexibility index (Phi) is 6.11. The lowest BCUT2D eigenvalue weighted by Gasteiger charge is -2.20. The molecule has 0 aliphatic carbocycles. The Morgan fingerprint density at radius 3 is 2.59 bits per heavy atom. The van der Waals surface area contributed by atoms with E-state index < -0.39 is 0 Å². The summed E-state index contributed by atoms with van der Waals surface area (Å²) in [5.41, 5.74) is 0.888. The van der Waals surface area contributed by atoms with E-state index in [2.05, 4.69) is 36.5 Å². The van der Waals surface area contributed by atoms with Crippen molar-refractivity contribution in [3.63, 3.8) is 0 Å². The molecule has 0 fully saturated rings. The van der Waals surface area contributed by atoms with Gasteiger partial charge in [-0.2, -0.15) is 17.7 Å². The van der Waals surface area contributed by atoms with Crippen LogP contribution in [0.2, 0.25) is 0 Å². The first kappa shape index (κ1) is 14.1. The van der Waals surface area contributed by atoms with Crippen molar-refractivity contribution in [2.24, 2.45) is 0 Å². The molecule has 0 spiro atoms. The number of anilines is 1. The Hall–Kier alpha value is -0.970. The second-order valence-corrected chi connectivity index (χ2v) is 4.33. The summed E-state index contributed by atoms with van der Waals surface area (Å²) < 4.78 is 1.52. The van der Waals surface area contributed by atoms with Crippen molar-refractivity contribution < 1.29 is 0 Å². The summed E-state index contributed by atoms with van der Waals surface area (Å²) in [5.74, 6) is 0.853. The van der Waals surface area contributed by atoms with Crippen LogP contribution in [0.15, 0.2) is 17.1 Å². The number of nitrogens with zero attached hydrogens (tertiary/aromatic N) is 3. The van der Waals surface area contributed by atoms with Crippen LogP contribution in [0.4, 0.5) is 5.69 Å². The Bertz CT molecular complexity index is 388. The third-order valence-electron chi connectivity index (χ3n) is 2.76. The van der Waals surface area contributed by atoms with Crippen molar-refractivity contribution in [1.29, 1.82) is 0 Å². The fraction of sp³-hybridized carbons (Fsp3) is 0.667. The maximum absolute atomic E-state index is 11.8. The second-order valence-electron chi connectivity index (χ2n) is 3.88. The van der Waals surface area contributed by atoms with Gasteiger partial charge in [0.15, 0.2) is 0 Å². The average molecular weight is 255 g/mol. The van der Waals surface area contributed by atoms with Crippen molar-refractivity contribution in [3.05, 3.63) is 22.6 Å². The Morgan fingerprint density at radius 2 is 2.06 bits per heavy atom. The van der Waals surface area contributed by atoms with E-state index in [0.717, 1.165) is 37.4 Å². The third-order valence-corrected chi connectivity index (χ3v) is 3.08. The Labute approximate surface area is 108 Å². The molecular weight excluding hydrogens is 234 g/mol. The molecule has 1 heterocycles. The lowest BCUT2D eigenvalue weighted by molar-refractivity contribution is 0.544. The number of aryl methyl sites for hydroxylation is 1. The molecule has 0 aromatic carbocycles. The van der Waals surface area contributed by atoms with Gasteiger partial charge in [-0.15, -0.1) is 0 Å². The van der Waals surface area contributed by atoms with Gasteiger partial charge in [0.25, 0.3) is 5.56 Å². The summed E-state index contributed by atoms with van der Waals surface area (Å²) in [4.78, 5) is 13.9. The normalized spacial score (nSPS) is 10.5. The maximum atomic E-state index is 11.8. The average Bonchev–Trinajstić information content (AvgIpc) is 2.33. The van der Waals surface area contributed by atoms with Gasteiger partial charge in [0.05, 0.1) is 11.9 Å². The first-order valence-corrected chi connectivity index (χ1v) is 6.79. The van der Waals surface area contributed by atoms with Crippen molar-refractivity contribution in [2.75, 3.05) is 23.7 Å². The van der Waals surface area contributed by atoms with E-state index in [1.807, 2.05) is 0 Å². The first-order chi connectivity index (χ1) is 8.22. The first-order valence-electron chi connectivity index (χ1n) is 6.15. The summed E-state index contributed by atoms with van der Waals surface area (Å²) in [6, 6.07) is 1.67. The molecule has 0 aliphatic heterocycles. The molecule has 0 bridgehead atoms. The number of rotatable bonds is 7. The predicted molar refractivity (Wildman–Crippen MR) is 75.1 cm³/mol. The van der Waals surface area contributed by atoms with Crippen molar-refractivity contribution >= 4 is 18.3 Å². The predicted octanol–water partition coefficient (Wildman–Crippen LogP) is 1.80. The van der Waals surface area contributed by atoms with Crippen LogP contribution >= 0.6 is 12.6 Å². The van der Waals surface area contributed by atoms with E-state index in [1.165, 1.54) is 4.68 Å². The smallest absolute Gasteiger partial charge is 0.268 e. The molecule has 0 radical (unpaired) electrons. The number of aromatic nitrogens is 2. The molecule has 0 unspecified atom stereocenters. The summed E-state index contributed by atoms with van der Waals surface area (Å²) in [6.45, 7) is 6.60. The van der Waals surface area contributed by atoms with Crippen LogP contribution in [0.5, 0.6) is 0 Å². The molecule has 1 rings (SSSR count). The minimum Gasteiger partial charge on any atom is -0.371 e. The highest BCUT2D eigenvalue weighted by atomic mass is 32.1. The van der Waals surface area contributed by atoms with Crippen LogP contribution in [0, 0.1) is 0 Å². The van der Waals surface area contributed by atoms with Crippen molar-refractivity contribution in [2.45, 2.75) is 33.2 Å². The molecule has 4 nitrogen and oxygen atoms in total. The molecule has 0 saturated heterocycles. The summed E-state index contributed by atoms with van der Waals surface area (Å²) in [5, 5.41) is 4.20. The standard InChI is InChI=1S/C12H21N3OS/c1-3-14(4-2)11-9-12(16)15(13-10-11)7-5-6-8-17/h9-10,17H,3-8H2,1-2H3. The Balaban J connectivity index is 2.75. The zero-order valence-corrected chi connectivity index (χ0v) is 11.5. The van der Waals surface area contributed by atoms with Gasteiger partial charge in [-0.25, -0.2) is 4.68 Å². The fourth-order valence-corrected chi connectivity index (χ4v) is 1.95. The summed E-state index contributed by atoms with van der Waals surface area (Å²) in [6.07, 6.45) is 3.73. The zero-order valence-electron chi connectivity index (χ0n) is 10.6. The summed E-state index contributed by atoms with van der Waals surface area (Å²) in [7, 11) is 0. The number of unbranched alkanes of at least 4 members (excludes halogenated alkanes) is 1. The SMILES string of the molecule is CCN(CC)c1cnn(CCCCS)c(=O)c1. The van der Waals surface area contributed by atoms with Gasteiger partial charge in [0.2, 0.25) is 0 Å². The molecular formula is C12H21N3OS. The molecule has 5 heteroatoms. The van der Waals surface area contributed by atoms with Crippen LogP contribution in [0.25, 0.3) is 0 Å². The van der Waals surface area contributed by atoms with Gasteiger partial charge >= 0.3 is 0 Å². The number of thiol groups is 1. The minimum absolute atomic E-state index is 0.0198. The quantitative estimate of drug-likeness (QED) is 0.596. The molecule has 1 aromatic rings. The lowest BCUT2D eigenvalue weighted by atomic mass is 10.3. The van der Waals surface area contributed by atoms with E-state index in [9.17, 15) is 4.79 Å². The molecule has 17 heavy (non-hydrogen) atoms. The van der Waals surface area contributed by atoms with E-state index in [1.54, 1.807) is 12.3 Å². The van der Waals surface area contributed by atoms with E-state index in [-0.39, 0.29) is 5.56 Å². The van der Waals surface area contributed by atoms with Crippen LogP contribution in [0.1, 0.15) is 26.7 Å². The van der Waals surface area contributed by atoms with Gasteiger partial charge in [0, 0.05) is 25.7 Å². The molecule has 96 valence electrons. The number of hydrogen-bond acceptors (Lipinski definition) is 4. The lowest BCUT2D eigenvalue weighted by Crippen LogP contribution is -2.27. The van der Waals surface area contributed by atoms with Crippen molar-refractivity contribution in [1.82, 2.24) is 9.78 Å². The van der Waals surface area contributed by atoms with E-state index >= 15 is 0 Å². The largest absolute Gasteiger partial charge is 0.371 e. The Morgan fingerprint density at radius 1 is 1.35 bits per heavy atom. The van der Waals surface area contributed by atoms with Gasteiger partial charge in [-0.1, -0.05) is 0 Å². The number of hydrogen-bond donors (Lipinski definition) is 1. The van der Waals surface area contributed by atoms with Gasteiger partial charge in [-0.3, -0.25) is 4.79 Å².